The Balaban J connectivity index is 2.25. The Morgan fingerprint density at radius 2 is 1.86 bits per heavy atom. The lowest BCUT2D eigenvalue weighted by Crippen LogP contribution is -2.13. The van der Waals surface area contributed by atoms with E-state index in [9.17, 15) is 12.8 Å². The minimum Gasteiger partial charge on any atom is -0.411 e. The summed E-state index contributed by atoms with van der Waals surface area (Å²) in [5, 5.41) is 11.7. The fraction of sp³-hybridized carbons (Fsp3) is 0.0714. The second kappa shape index (κ2) is 5.92. The summed E-state index contributed by atoms with van der Waals surface area (Å²) < 4.78 is 39.6. The predicted octanol–water partition coefficient (Wildman–Crippen LogP) is 2.82. The minimum absolute atomic E-state index is 0.153. The predicted molar refractivity (Wildman–Crippen MR) is 77.6 cm³/mol. The molecule has 21 heavy (non-hydrogen) atoms. The number of nitrogens with one attached hydrogen (secondary N) is 1. The normalized spacial score (nSPS) is 12.2. The van der Waals surface area contributed by atoms with Crippen LogP contribution in [0.2, 0.25) is 0 Å². The van der Waals surface area contributed by atoms with Crippen molar-refractivity contribution in [1.82, 2.24) is 0 Å². The Labute approximate surface area is 121 Å². The molecule has 2 rings (SSSR count). The van der Waals surface area contributed by atoms with Gasteiger partial charge >= 0.3 is 0 Å². The molecular weight excluding hydrogens is 295 g/mol. The highest BCUT2D eigenvalue weighted by Gasteiger charge is 2.14. The number of sulfonamides is 1. The van der Waals surface area contributed by atoms with Crippen LogP contribution in [-0.2, 0) is 10.0 Å². The zero-order valence-electron chi connectivity index (χ0n) is 11.1. The van der Waals surface area contributed by atoms with Crippen LogP contribution in [-0.4, -0.2) is 19.3 Å². The molecule has 0 aromatic heterocycles. The smallest absolute Gasteiger partial charge is 0.261 e. The first kappa shape index (κ1) is 15.0. The van der Waals surface area contributed by atoms with Gasteiger partial charge in [0.05, 0.1) is 10.6 Å². The average Bonchev–Trinajstić information content (AvgIpc) is 2.47. The molecule has 0 saturated heterocycles. The maximum Gasteiger partial charge on any atom is 0.261 e. The van der Waals surface area contributed by atoms with Crippen molar-refractivity contribution in [2.45, 2.75) is 11.8 Å². The molecule has 2 aromatic carbocycles. The van der Waals surface area contributed by atoms with Gasteiger partial charge in [0.25, 0.3) is 10.0 Å². The fourth-order valence-corrected chi connectivity index (χ4v) is 2.78. The summed E-state index contributed by atoms with van der Waals surface area (Å²) in [5.41, 5.74) is 1.40. The Kier molecular flexibility index (Phi) is 4.23. The molecule has 2 N–H and O–H groups in total. The zero-order chi connectivity index (χ0) is 15.5. The molecule has 2 aromatic rings. The van der Waals surface area contributed by atoms with Crippen LogP contribution in [0.15, 0.2) is 58.6 Å². The van der Waals surface area contributed by atoms with Gasteiger partial charge in [-0.2, -0.15) is 0 Å². The van der Waals surface area contributed by atoms with Crippen LogP contribution >= 0.6 is 0 Å². The molecule has 0 aliphatic carbocycles. The molecule has 7 heteroatoms. The van der Waals surface area contributed by atoms with Crippen LogP contribution in [0.25, 0.3) is 0 Å². The summed E-state index contributed by atoms with van der Waals surface area (Å²) in [4.78, 5) is -0.153. The van der Waals surface area contributed by atoms with Crippen molar-refractivity contribution in [2.24, 2.45) is 5.16 Å². The molecule has 0 amide bonds. The molecule has 110 valence electrons. The molecule has 0 heterocycles. The SMILES string of the molecule is C/C(=N\O)c1ccc(NS(=O)(=O)c2cccc(F)c2)cc1. The van der Waals surface area contributed by atoms with E-state index in [4.69, 9.17) is 5.21 Å². The summed E-state index contributed by atoms with van der Waals surface area (Å²) in [7, 11) is -3.84. The molecule has 0 aliphatic rings. The minimum atomic E-state index is -3.84. The van der Waals surface area contributed by atoms with Gasteiger partial charge in [-0.05, 0) is 42.8 Å². The molecule has 0 spiro atoms. The van der Waals surface area contributed by atoms with Crippen LogP contribution < -0.4 is 4.72 Å². The summed E-state index contributed by atoms with van der Waals surface area (Å²) in [6.45, 7) is 1.62. The summed E-state index contributed by atoms with van der Waals surface area (Å²) in [6, 6.07) is 11.0. The first-order valence-corrected chi connectivity index (χ1v) is 7.48. The van der Waals surface area contributed by atoms with E-state index in [2.05, 4.69) is 9.88 Å². The lowest BCUT2D eigenvalue weighted by Gasteiger charge is -2.08. The van der Waals surface area contributed by atoms with Crippen molar-refractivity contribution in [2.75, 3.05) is 4.72 Å². The van der Waals surface area contributed by atoms with Crippen LogP contribution in [0.1, 0.15) is 12.5 Å². The highest BCUT2D eigenvalue weighted by Crippen LogP contribution is 2.17. The molecule has 0 aliphatic heterocycles. The molecule has 0 atom stereocenters. The summed E-state index contributed by atoms with van der Waals surface area (Å²) in [6.07, 6.45) is 0. The van der Waals surface area contributed by atoms with Gasteiger partial charge in [-0.3, -0.25) is 4.72 Å². The van der Waals surface area contributed by atoms with E-state index >= 15 is 0 Å². The van der Waals surface area contributed by atoms with Crippen LogP contribution in [0, 0.1) is 5.82 Å². The number of benzene rings is 2. The number of hydrogen-bond acceptors (Lipinski definition) is 4. The quantitative estimate of drug-likeness (QED) is 0.518. The van der Waals surface area contributed by atoms with Gasteiger partial charge in [0.1, 0.15) is 5.82 Å². The van der Waals surface area contributed by atoms with E-state index < -0.39 is 15.8 Å². The topological polar surface area (TPSA) is 78.8 Å². The molecule has 5 nitrogen and oxygen atoms in total. The molecule has 0 unspecified atom stereocenters. The Hall–Kier alpha value is -2.41. The maximum atomic E-state index is 13.1. The third-order valence-corrected chi connectivity index (χ3v) is 4.19. The van der Waals surface area contributed by atoms with Crippen LogP contribution in [0.4, 0.5) is 10.1 Å². The number of hydrogen-bond donors (Lipinski definition) is 2. The Bertz CT molecular complexity index is 771. The van der Waals surface area contributed by atoms with Crippen molar-refractivity contribution < 1.29 is 18.0 Å². The molecule has 0 bridgehead atoms. The number of nitrogens with zero attached hydrogens (tertiary/aromatic N) is 1. The van der Waals surface area contributed by atoms with E-state index in [1.54, 1.807) is 19.1 Å². The summed E-state index contributed by atoms with van der Waals surface area (Å²) in [5.74, 6) is -0.622. The Morgan fingerprint density at radius 1 is 1.19 bits per heavy atom. The Morgan fingerprint density at radius 3 is 2.43 bits per heavy atom. The van der Waals surface area contributed by atoms with Crippen molar-refractivity contribution in [3.05, 3.63) is 59.9 Å². The van der Waals surface area contributed by atoms with Gasteiger partial charge in [-0.15, -0.1) is 0 Å². The van der Waals surface area contributed by atoms with Gasteiger partial charge in [0.2, 0.25) is 0 Å². The highest BCUT2D eigenvalue weighted by atomic mass is 32.2. The van der Waals surface area contributed by atoms with E-state index in [1.807, 2.05) is 0 Å². The van der Waals surface area contributed by atoms with Crippen molar-refractivity contribution in [3.63, 3.8) is 0 Å². The number of oxime groups is 1. The van der Waals surface area contributed by atoms with E-state index in [-0.39, 0.29) is 4.90 Å². The lowest BCUT2D eigenvalue weighted by atomic mass is 10.1. The number of halogens is 1. The highest BCUT2D eigenvalue weighted by molar-refractivity contribution is 7.92. The first-order valence-electron chi connectivity index (χ1n) is 6.00. The van der Waals surface area contributed by atoms with E-state index in [0.29, 0.717) is 17.0 Å². The number of rotatable bonds is 4. The molecule has 0 radical (unpaired) electrons. The van der Waals surface area contributed by atoms with Gasteiger partial charge in [-0.25, -0.2) is 12.8 Å². The fourth-order valence-electron chi connectivity index (χ4n) is 1.69. The largest absolute Gasteiger partial charge is 0.411 e. The van der Waals surface area contributed by atoms with E-state index in [1.165, 1.54) is 30.3 Å². The second-order valence-electron chi connectivity index (χ2n) is 4.33. The third-order valence-electron chi connectivity index (χ3n) is 2.81. The lowest BCUT2D eigenvalue weighted by molar-refractivity contribution is 0.319. The van der Waals surface area contributed by atoms with Crippen LogP contribution in [0.5, 0.6) is 0 Å². The molecular formula is C14H13FN2O3S. The molecule has 0 fully saturated rings. The van der Waals surface area contributed by atoms with Gasteiger partial charge in [-0.1, -0.05) is 23.4 Å². The van der Waals surface area contributed by atoms with Crippen molar-refractivity contribution in [3.8, 4) is 0 Å². The summed E-state index contributed by atoms with van der Waals surface area (Å²) >= 11 is 0. The first-order chi connectivity index (χ1) is 9.92. The number of anilines is 1. The standard InChI is InChI=1S/C14H13FN2O3S/c1-10(16-18)11-5-7-13(8-6-11)17-21(19,20)14-4-2-3-12(15)9-14/h2-9,17-18H,1H3/b16-10+. The van der Waals surface area contributed by atoms with Crippen molar-refractivity contribution >= 4 is 21.4 Å². The van der Waals surface area contributed by atoms with E-state index in [0.717, 1.165) is 6.07 Å². The second-order valence-corrected chi connectivity index (χ2v) is 6.01. The van der Waals surface area contributed by atoms with Crippen molar-refractivity contribution in [1.29, 1.82) is 0 Å². The molecule has 0 saturated carbocycles. The van der Waals surface area contributed by atoms with Gasteiger partial charge in [0.15, 0.2) is 0 Å². The third kappa shape index (κ3) is 3.57. The average molecular weight is 308 g/mol. The van der Waals surface area contributed by atoms with Gasteiger partial charge < -0.3 is 5.21 Å². The zero-order valence-corrected chi connectivity index (χ0v) is 11.9. The van der Waals surface area contributed by atoms with Gasteiger partial charge in [0, 0.05) is 5.69 Å². The monoisotopic (exact) mass is 308 g/mol. The van der Waals surface area contributed by atoms with Crippen LogP contribution in [0.3, 0.4) is 0 Å². The maximum absolute atomic E-state index is 13.1.